The molecule has 0 saturated heterocycles. The number of hydrogen-bond acceptors (Lipinski definition) is 2. The topological polar surface area (TPSA) is 78.4 Å². The number of aliphatic carboxylic acids is 1. The zero-order chi connectivity index (χ0) is 15.3. The molecule has 0 heterocycles. The molecule has 0 aromatic heterocycles. The summed E-state index contributed by atoms with van der Waals surface area (Å²) in [6.45, 7) is 0. The van der Waals surface area contributed by atoms with Crippen molar-refractivity contribution in [3.8, 4) is 0 Å². The first-order valence-electron chi connectivity index (χ1n) is 7.11. The van der Waals surface area contributed by atoms with Gasteiger partial charge in [0, 0.05) is 3.57 Å². The normalized spacial score (nSPS) is 17.6. The third kappa shape index (κ3) is 4.09. The maximum Gasteiger partial charge on any atom is 0.329 e. The summed E-state index contributed by atoms with van der Waals surface area (Å²) in [5.41, 5.74) is -0.453. The molecule has 114 valence electrons. The predicted octanol–water partition coefficient (Wildman–Crippen LogP) is 3.59. The molecule has 21 heavy (non-hydrogen) atoms. The Hall–Kier alpha value is -1.31. The van der Waals surface area contributed by atoms with Crippen molar-refractivity contribution >= 4 is 40.3 Å². The van der Waals surface area contributed by atoms with E-state index in [1.54, 1.807) is 6.07 Å². The molecule has 1 aliphatic carbocycles. The first-order valence-corrected chi connectivity index (χ1v) is 8.18. The highest BCUT2D eigenvalue weighted by molar-refractivity contribution is 14.1. The van der Waals surface area contributed by atoms with Crippen LogP contribution in [0.3, 0.4) is 0 Å². The highest BCUT2D eigenvalue weighted by atomic mass is 127. The number of carbonyl (C=O) groups is 2. The van der Waals surface area contributed by atoms with Crippen LogP contribution >= 0.6 is 22.6 Å². The van der Waals surface area contributed by atoms with E-state index < -0.39 is 17.5 Å². The highest BCUT2D eigenvalue weighted by Gasteiger charge is 2.40. The van der Waals surface area contributed by atoms with Crippen molar-refractivity contribution in [1.29, 1.82) is 0 Å². The summed E-state index contributed by atoms with van der Waals surface area (Å²) < 4.78 is 0.912. The minimum Gasteiger partial charge on any atom is -0.480 e. The fraction of sp³-hybridized carbons (Fsp3) is 0.467. The van der Waals surface area contributed by atoms with Crippen LogP contribution in [0.4, 0.5) is 10.5 Å². The molecular weight excluding hydrogens is 383 g/mol. The van der Waals surface area contributed by atoms with E-state index in [0.717, 1.165) is 29.3 Å². The smallest absolute Gasteiger partial charge is 0.329 e. The SMILES string of the molecule is O=C(Nc1ccccc1I)NC1(C(=O)O)CCCCCC1. The number of carboxylic acids is 1. The van der Waals surface area contributed by atoms with Crippen molar-refractivity contribution < 1.29 is 14.7 Å². The minimum atomic E-state index is -1.14. The van der Waals surface area contributed by atoms with E-state index in [1.807, 2.05) is 18.2 Å². The van der Waals surface area contributed by atoms with Crippen LogP contribution in [-0.4, -0.2) is 22.6 Å². The summed E-state index contributed by atoms with van der Waals surface area (Å²) in [5.74, 6) is -0.942. The molecule has 1 aliphatic rings. The van der Waals surface area contributed by atoms with Gasteiger partial charge in [-0.1, -0.05) is 37.8 Å². The second-order valence-electron chi connectivity index (χ2n) is 5.36. The van der Waals surface area contributed by atoms with Gasteiger partial charge in [0.25, 0.3) is 0 Å². The van der Waals surface area contributed by atoms with Crippen LogP contribution in [-0.2, 0) is 4.79 Å². The fourth-order valence-electron chi connectivity index (χ4n) is 2.66. The van der Waals surface area contributed by atoms with Crippen molar-refractivity contribution in [3.63, 3.8) is 0 Å². The summed E-state index contributed by atoms with van der Waals surface area (Å²) >= 11 is 2.13. The Kier molecular flexibility index (Phi) is 5.44. The van der Waals surface area contributed by atoms with E-state index in [4.69, 9.17) is 0 Å². The largest absolute Gasteiger partial charge is 0.480 e. The van der Waals surface area contributed by atoms with Gasteiger partial charge in [0.2, 0.25) is 0 Å². The molecule has 2 rings (SSSR count). The molecule has 0 atom stereocenters. The number of urea groups is 1. The zero-order valence-corrected chi connectivity index (χ0v) is 13.9. The van der Waals surface area contributed by atoms with Gasteiger partial charge in [0.15, 0.2) is 0 Å². The van der Waals surface area contributed by atoms with Crippen LogP contribution < -0.4 is 10.6 Å². The maximum absolute atomic E-state index is 12.2. The highest BCUT2D eigenvalue weighted by Crippen LogP contribution is 2.28. The average molecular weight is 402 g/mol. The van der Waals surface area contributed by atoms with Crippen LogP contribution in [0.1, 0.15) is 38.5 Å². The van der Waals surface area contributed by atoms with Gasteiger partial charge >= 0.3 is 12.0 Å². The number of carboxylic acid groups (broad SMARTS) is 1. The first-order chi connectivity index (χ1) is 10.0. The summed E-state index contributed by atoms with van der Waals surface area (Å²) in [6, 6.07) is 6.94. The number of benzene rings is 1. The molecular formula is C15H19IN2O3. The fourth-order valence-corrected chi connectivity index (χ4v) is 3.18. The molecule has 0 aliphatic heterocycles. The Morgan fingerprint density at radius 1 is 1.10 bits per heavy atom. The number of carbonyl (C=O) groups excluding carboxylic acids is 1. The van der Waals surface area contributed by atoms with Gasteiger partial charge in [-0.3, -0.25) is 0 Å². The van der Waals surface area contributed by atoms with Gasteiger partial charge in [-0.15, -0.1) is 0 Å². The Labute approximate surface area is 137 Å². The number of hydrogen-bond donors (Lipinski definition) is 3. The van der Waals surface area contributed by atoms with Crippen molar-refractivity contribution in [2.24, 2.45) is 0 Å². The van der Waals surface area contributed by atoms with Crippen molar-refractivity contribution in [2.75, 3.05) is 5.32 Å². The van der Waals surface area contributed by atoms with E-state index in [1.165, 1.54) is 0 Å². The number of halogens is 1. The Morgan fingerprint density at radius 3 is 2.29 bits per heavy atom. The van der Waals surface area contributed by atoms with E-state index in [-0.39, 0.29) is 0 Å². The molecule has 6 heteroatoms. The molecule has 3 N–H and O–H groups in total. The van der Waals surface area contributed by atoms with Crippen molar-refractivity contribution in [3.05, 3.63) is 27.8 Å². The van der Waals surface area contributed by atoms with Crippen LogP contribution in [0, 0.1) is 3.57 Å². The van der Waals surface area contributed by atoms with E-state index in [0.29, 0.717) is 18.5 Å². The molecule has 5 nitrogen and oxygen atoms in total. The lowest BCUT2D eigenvalue weighted by Gasteiger charge is -2.29. The van der Waals surface area contributed by atoms with Gasteiger partial charge in [0.1, 0.15) is 5.54 Å². The summed E-state index contributed by atoms with van der Waals surface area (Å²) in [6.07, 6.45) is 4.68. The Bertz CT molecular complexity index is 525. The van der Waals surface area contributed by atoms with E-state index >= 15 is 0 Å². The third-order valence-corrected chi connectivity index (χ3v) is 4.78. The number of amides is 2. The van der Waals surface area contributed by atoms with Crippen LogP contribution in [0.2, 0.25) is 0 Å². The standard InChI is InChI=1S/C15H19IN2O3/c16-11-7-3-4-8-12(11)17-14(21)18-15(13(19)20)9-5-1-2-6-10-15/h3-4,7-8H,1-2,5-6,9-10H2,(H,19,20)(H2,17,18,21). The van der Waals surface area contributed by atoms with Gasteiger partial charge in [0.05, 0.1) is 5.69 Å². The predicted molar refractivity (Wildman–Crippen MR) is 89.4 cm³/mol. The van der Waals surface area contributed by atoms with Crippen molar-refractivity contribution in [2.45, 2.75) is 44.1 Å². The molecule has 0 radical (unpaired) electrons. The molecule has 1 aromatic carbocycles. The Balaban J connectivity index is 2.08. The molecule has 0 spiro atoms. The van der Waals surface area contributed by atoms with E-state index in [9.17, 15) is 14.7 Å². The first kappa shape index (κ1) is 16.1. The van der Waals surface area contributed by atoms with Crippen molar-refractivity contribution in [1.82, 2.24) is 5.32 Å². The zero-order valence-electron chi connectivity index (χ0n) is 11.7. The molecule has 0 bridgehead atoms. The van der Waals surface area contributed by atoms with Crippen LogP contribution in [0.25, 0.3) is 0 Å². The molecule has 0 unspecified atom stereocenters. The summed E-state index contributed by atoms with van der Waals surface area (Å²) in [4.78, 5) is 23.8. The van der Waals surface area contributed by atoms with E-state index in [2.05, 4.69) is 33.2 Å². The van der Waals surface area contributed by atoms with Gasteiger partial charge in [-0.05, 0) is 47.6 Å². The quantitative estimate of drug-likeness (QED) is 0.534. The van der Waals surface area contributed by atoms with Gasteiger partial charge < -0.3 is 15.7 Å². The van der Waals surface area contributed by atoms with Crippen LogP contribution in [0.5, 0.6) is 0 Å². The lowest BCUT2D eigenvalue weighted by molar-refractivity contribution is -0.145. The Morgan fingerprint density at radius 2 is 1.71 bits per heavy atom. The maximum atomic E-state index is 12.2. The number of para-hydroxylation sites is 1. The lowest BCUT2D eigenvalue weighted by Crippen LogP contribution is -2.55. The monoisotopic (exact) mass is 402 g/mol. The number of anilines is 1. The molecule has 1 saturated carbocycles. The molecule has 1 fully saturated rings. The summed E-state index contributed by atoms with van der Waals surface area (Å²) in [5, 5.41) is 15.0. The average Bonchev–Trinajstić information content (AvgIpc) is 2.68. The molecule has 1 aromatic rings. The minimum absolute atomic E-state index is 0.455. The summed E-state index contributed by atoms with van der Waals surface area (Å²) in [7, 11) is 0. The second kappa shape index (κ2) is 7.11. The van der Waals surface area contributed by atoms with Crippen LogP contribution in [0.15, 0.2) is 24.3 Å². The van der Waals surface area contributed by atoms with Gasteiger partial charge in [-0.2, -0.15) is 0 Å². The second-order valence-corrected chi connectivity index (χ2v) is 6.52. The third-order valence-electron chi connectivity index (χ3n) is 3.84. The number of nitrogens with one attached hydrogen (secondary N) is 2. The molecule has 2 amide bonds. The number of rotatable bonds is 3. The van der Waals surface area contributed by atoms with Gasteiger partial charge in [-0.25, -0.2) is 9.59 Å². The lowest BCUT2D eigenvalue weighted by atomic mass is 9.90.